The topological polar surface area (TPSA) is 24.9 Å². The zero-order chi connectivity index (χ0) is 16.6. The maximum atomic E-state index is 6.45. The van der Waals surface area contributed by atoms with Gasteiger partial charge in [0.1, 0.15) is 5.75 Å². The molecular formula is C17H18ClN2O2PS. The first-order valence-electron chi connectivity index (χ1n) is 7.91. The minimum atomic E-state index is -2.39. The summed E-state index contributed by atoms with van der Waals surface area (Å²) in [5, 5.41) is 0.719. The van der Waals surface area contributed by atoms with Crippen molar-refractivity contribution in [3.63, 3.8) is 0 Å². The Bertz CT molecular complexity index is 780. The Balaban J connectivity index is 1.78. The van der Waals surface area contributed by atoms with Crippen LogP contribution in [-0.4, -0.2) is 31.0 Å². The molecule has 2 aromatic rings. The lowest BCUT2D eigenvalue weighted by molar-refractivity contribution is 0.0714. The van der Waals surface area contributed by atoms with Crippen LogP contribution in [0.3, 0.4) is 0 Å². The van der Waals surface area contributed by atoms with Gasteiger partial charge in [0.2, 0.25) is 0 Å². The van der Waals surface area contributed by atoms with E-state index in [1.54, 1.807) is 0 Å². The third-order valence-corrected chi connectivity index (χ3v) is 8.58. The van der Waals surface area contributed by atoms with Crippen molar-refractivity contribution in [1.82, 2.24) is 4.67 Å². The highest BCUT2D eigenvalue weighted by atomic mass is 35.5. The summed E-state index contributed by atoms with van der Waals surface area (Å²) in [6.07, 6.45) is 0. The van der Waals surface area contributed by atoms with Gasteiger partial charge >= 0.3 is 0 Å². The number of rotatable bonds is 2. The number of benzene rings is 2. The molecular weight excluding hydrogens is 363 g/mol. The normalized spacial score (nSPS) is 24.3. The lowest BCUT2D eigenvalue weighted by Gasteiger charge is -2.46. The number of morpholine rings is 1. The number of anilines is 1. The number of fused-ring (bicyclic) bond motifs is 1. The predicted molar refractivity (Wildman–Crippen MR) is 101 cm³/mol. The molecule has 1 atom stereocenters. The first kappa shape index (κ1) is 16.4. The van der Waals surface area contributed by atoms with Crippen molar-refractivity contribution in [2.75, 3.05) is 31.0 Å². The molecule has 4 rings (SSSR count). The van der Waals surface area contributed by atoms with Crippen molar-refractivity contribution in [2.24, 2.45) is 0 Å². The smallest absolute Gasteiger partial charge is 0.279 e. The molecule has 0 saturated carbocycles. The molecule has 126 valence electrons. The fourth-order valence-corrected chi connectivity index (χ4v) is 6.71. The minimum Gasteiger partial charge on any atom is -0.437 e. The summed E-state index contributed by atoms with van der Waals surface area (Å²) in [6.45, 7) is 1.33. The largest absolute Gasteiger partial charge is 0.437 e. The zero-order valence-electron chi connectivity index (χ0n) is 13.1. The predicted octanol–water partition coefficient (Wildman–Crippen LogP) is 4.30. The van der Waals surface area contributed by atoms with Gasteiger partial charge in [-0.15, -0.1) is 0 Å². The van der Waals surface area contributed by atoms with E-state index in [1.165, 1.54) is 0 Å². The monoisotopic (exact) mass is 380 g/mol. The number of ether oxygens (including phenoxy) is 1. The van der Waals surface area contributed by atoms with Crippen molar-refractivity contribution in [3.8, 4) is 5.75 Å². The number of halogens is 1. The van der Waals surface area contributed by atoms with Crippen molar-refractivity contribution in [3.05, 3.63) is 59.1 Å². The molecule has 0 aliphatic carbocycles. The molecule has 2 heterocycles. The van der Waals surface area contributed by atoms with Crippen LogP contribution in [0.2, 0.25) is 5.02 Å². The Morgan fingerprint density at radius 1 is 1.00 bits per heavy atom. The molecule has 2 aliphatic heterocycles. The molecule has 1 unspecified atom stereocenters. The minimum absolute atomic E-state index is 0.692. The van der Waals surface area contributed by atoms with Gasteiger partial charge in [-0.05, 0) is 42.1 Å². The molecule has 2 aliphatic rings. The highest BCUT2D eigenvalue weighted by Gasteiger charge is 2.40. The Labute approximate surface area is 152 Å². The fraction of sp³-hybridized carbons (Fsp3) is 0.294. The Hall–Kier alpha value is -1.10. The molecule has 1 fully saturated rings. The summed E-state index contributed by atoms with van der Waals surface area (Å²) < 4.78 is 16.4. The second-order valence-electron chi connectivity index (χ2n) is 5.79. The number of hydrogen-bond acceptors (Lipinski definition) is 3. The highest BCUT2D eigenvalue weighted by molar-refractivity contribution is 8.12. The standard InChI is InChI=1S/C17H18ClN2O2PS/c18-15-5-7-16(8-6-15)20-13-14-3-1-2-4-17(14)22-23(20,24)19-9-11-21-12-10-19/h1-8H,9-13H2. The van der Waals surface area contributed by atoms with Crippen molar-refractivity contribution < 1.29 is 9.26 Å². The molecule has 0 spiro atoms. The van der Waals surface area contributed by atoms with Crippen molar-refractivity contribution >= 4 is 35.7 Å². The second-order valence-corrected chi connectivity index (χ2v) is 9.87. The third kappa shape index (κ3) is 2.96. The van der Waals surface area contributed by atoms with Gasteiger partial charge < -0.3 is 9.26 Å². The summed E-state index contributed by atoms with van der Waals surface area (Å²) in [7, 11) is 0. The van der Waals surface area contributed by atoms with E-state index in [0.29, 0.717) is 13.2 Å². The Kier molecular flexibility index (Phi) is 4.54. The average Bonchev–Trinajstić information content (AvgIpc) is 2.63. The van der Waals surface area contributed by atoms with Crippen LogP contribution >= 0.6 is 18.2 Å². The van der Waals surface area contributed by atoms with Crippen molar-refractivity contribution in [2.45, 2.75) is 6.54 Å². The van der Waals surface area contributed by atoms with Crippen LogP contribution in [0.4, 0.5) is 5.69 Å². The van der Waals surface area contributed by atoms with E-state index in [1.807, 2.05) is 42.5 Å². The quantitative estimate of drug-likeness (QED) is 0.723. The van der Waals surface area contributed by atoms with E-state index in [0.717, 1.165) is 41.7 Å². The number of nitrogens with zero attached hydrogens (tertiary/aromatic N) is 2. The summed E-state index contributed by atoms with van der Waals surface area (Å²) in [4.78, 5) is 0. The van der Waals surface area contributed by atoms with Gasteiger partial charge in [0.25, 0.3) is 6.57 Å². The summed E-state index contributed by atoms with van der Waals surface area (Å²) >= 11 is 12.2. The Morgan fingerprint density at radius 2 is 1.71 bits per heavy atom. The first-order valence-corrected chi connectivity index (χ1v) is 10.9. The van der Waals surface area contributed by atoms with Gasteiger partial charge in [-0.1, -0.05) is 29.8 Å². The van der Waals surface area contributed by atoms with E-state index >= 15 is 0 Å². The molecule has 0 aromatic heterocycles. The number of para-hydroxylation sites is 1. The van der Waals surface area contributed by atoms with E-state index < -0.39 is 6.57 Å². The van der Waals surface area contributed by atoms with Crippen LogP contribution in [-0.2, 0) is 23.1 Å². The first-order chi connectivity index (χ1) is 11.7. The van der Waals surface area contributed by atoms with Gasteiger partial charge in [0.05, 0.1) is 19.8 Å². The third-order valence-electron chi connectivity index (χ3n) is 4.28. The average molecular weight is 381 g/mol. The lowest BCUT2D eigenvalue weighted by Crippen LogP contribution is -2.42. The molecule has 1 saturated heterocycles. The highest BCUT2D eigenvalue weighted by Crippen LogP contribution is 2.60. The molecule has 4 nitrogen and oxygen atoms in total. The Morgan fingerprint density at radius 3 is 2.46 bits per heavy atom. The molecule has 0 N–H and O–H groups in total. The van der Waals surface area contributed by atoms with Gasteiger partial charge in [0, 0.05) is 29.4 Å². The van der Waals surface area contributed by atoms with Crippen LogP contribution in [0.5, 0.6) is 5.75 Å². The van der Waals surface area contributed by atoms with Crippen molar-refractivity contribution in [1.29, 1.82) is 0 Å². The van der Waals surface area contributed by atoms with Gasteiger partial charge in [-0.25, -0.2) is 4.67 Å². The van der Waals surface area contributed by atoms with E-state index in [2.05, 4.69) is 15.4 Å². The maximum Gasteiger partial charge on any atom is 0.279 e. The SMILES string of the molecule is S=P1(N2CCOCC2)Oc2ccccc2CN1c1ccc(Cl)cc1. The van der Waals surface area contributed by atoms with Gasteiger partial charge in [-0.3, -0.25) is 4.67 Å². The molecule has 7 heteroatoms. The van der Waals surface area contributed by atoms with Gasteiger partial charge in [0.15, 0.2) is 0 Å². The van der Waals surface area contributed by atoms with Crippen LogP contribution in [0.15, 0.2) is 48.5 Å². The van der Waals surface area contributed by atoms with Crippen LogP contribution < -0.4 is 9.19 Å². The molecule has 0 radical (unpaired) electrons. The van der Waals surface area contributed by atoms with Crippen LogP contribution in [0.25, 0.3) is 0 Å². The summed E-state index contributed by atoms with van der Waals surface area (Å²) in [5.74, 6) is 0.900. The van der Waals surface area contributed by atoms with E-state index in [-0.39, 0.29) is 0 Å². The van der Waals surface area contributed by atoms with E-state index in [9.17, 15) is 0 Å². The number of hydrogen-bond donors (Lipinski definition) is 0. The molecule has 0 amide bonds. The van der Waals surface area contributed by atoms with E-state index in [4.69, 9.17) is 32.7 Å². The fourth-order valence-electron chi connectivity index (χ4n) is 3.02. The molecule has 2 aromatic carbocycles. The summed E-state index contributed by atoms with van der Waals surface area (Å²) in [6, 6.07) is 16.0. The zero-order valence-corrected chi connectivity index (χ0v) is 15.6. The molecule has 24 heavy (non-hydrogen) atoms. The van der Waals surface area contributed by atoms with Gasteiger partial charge in [-0.2, -0.15) is 0 Å². The second kappa shape index (κ2) is 6.66. The lowest BCUT2D eigenvalue weighted by atomic mass is 10.2. The van der Waals surface area contributed by atoms with Crippen LogP contribution in [0.1, 0.15) is 5.56 Å². The maximum absolute atomic E-state index is 6.45. The van der Waals surface area contributed by atoms with Crippen LogP contribution in [0, 0.1) is 0 Å². The summed E-state index contributed by atoms with van der Waals surface area (Å²) in [5.41, 5.74) is 2.20. The molecule has 0 bridgehead atoms.